The van der Waals surface area contributed by atoms with Gasteiger partial charge in [0.25, 0.3) is 0 Å². The molecule has 0 saturated heterocycles. The quantitative estimate of drug-likeness (QED) is 0.793. The topological polar surface area (TPSA) is 21.6 Å². The van der Waals surface area contributed by atoms with Crippen LogP contribution in [0.15, 0.2) is 59.6 Å². The average molecular weight is 251 g/mol. The molecule has 3 rings (SSSR count). The Morgan fingerprint density at radius 1 is 1.05 bits per heavy atom. The Hall–Kier alpha value is -2.09. The first-order chi connectivity index (χ1) is 9.33. The first-order valence-electron chi connectivity index (χ1n) is 6.66. The summed E-state index contributed by atoms with van der Waals surface area (Å²) in [5.41, 5.74) is 3.52. The first kappa shape index (κ1) is 12.0. The average Bonchev–Trinajstić information content (AvgIpc) is 2.48. The molecule has 0 saturated carbocycles. The highest BCUT2D eigenvalue weighted by Crippen LogP contribution is 2.26. The van der Waals surface area contributed by atoms with E-state index in [0.29, 0.717) is 0 Å². The van der Waals surface area contributed by atoms with Crippen molar-refractivity contribution in [2.45, 2.75) is 19.4 Å². The predicted octanol–water partition coefficient (Wildman–Crippen LogP) is 3.90. The van der Waals surface area contributed by atoms with Crippen LogP contribution in [0, 0.1) is 6.92 Å². The predicted molar refractivity (Wildman–Crippen MR) is 77.5 cm³/mol. The van der Waals surface area contributed by atoms with Crippen LogP contribution in [0.4, 0.5) is 0 Å². The summed E-state index contributed by atoms with van der Waals surface area (Å²) < 4.78 is 6.06. The lowest BCUT2D eigenvalue weighted by Gasteiger charge is -2.24. The Kier molecular flexibility index (Phi) is 3.32. The Bertz CT molecular complexity index is 589. The van der Waals surface area contributed by atoms with Crippen LogP contribution >= 0.6 is 0 Å². The van der Waals surface area contributed by atoms with Gasteiger partial charge in [0, 0.05) is 18.5 Å². The van der Waals surface area contributed by atoms with Gasteiger partial charge < -0.3 is 4.74 Å². The molecule has 1 atom stereocenters. The van der Waals surface area contributed by atoms with Crippen LogP contribution in [-0.4, -0.2) is 12.4 Å². The highest BCUT2D eigenvalue weighted by atomic mass is 16.5. The minimum absolute atomic E-state index is 0.120. The van der Waals surface area contributed by atoms with Crippen molar-refractivity contribution in [3.63, 3.8) is 0 Å². The van der Waals surface area contributed by atoms with Crippen LogP contribution < -0.4 is 0 Å². The van der Waals surface area contributed by atoms with Crippen LogP contribution in [0.3, 0.4) is 0 Å². The molecule has 2 nitrogen and oxygen atoms in total. The van der Waals surface area contributed by atoms with E-state index in [1.165, 1.54) is 11.1 Å². The van der Waals surface area contributed by atoms with Crippen molar-refractivity contribution in [3.05, 3.63) is 71.3 Å². The minimum atomic E-state index is 0.120. The van der Waals surface area contributed by atoms with Gasteiger partial charge in [0.05, 0.1) is 0 Å². The lowest BCUT2D eigenvalue weighted by atomic mass is 10.0. The molecule has 1 aliphatic rings. The number of rotatable bonds is 2. The molecule has 1 aliphatic heterocycles. The molecule has 2 heteroatoms. The molecular weight excluding hydrogens is 234 g/mol. The van der Waals surface area contributed by atoms with Gasteiger partial charge in [-0.15, -0.1) is 0 Å². The standard InChI is InChI=1S/C17H17NO/c1-13-6-5-9-15(12-13)17-18-11-10-16(19-17)14-7-3-2-4-8-14/h2-9,12,16H,10-11H2,1H3. The number of ether oxygens (including phenoxy) is 1. The van der Waals surface area contributed by atoms with Crippen molar-refractivity contribution < 1.29 is 4.74 Å². The SMILES string of the molecule is Cc1cccc(C2=NCCC(c3ccccc3)O2)c1. The van der Waals surface area contributed by atoms with Crippen LogP contribution in [0.1, 0.15) is 29.2 Å². The highest BCUT2D eigenvalue weighted by molar-refractivity contribution is 5.94. The van der Waals surface area contributed by atoms with Crippen LogP contribution in [0.25, 0.3) is 0 Å². The molecule has 0 aromatic heterocycles. The van der Waals surface area contributed by atoms with E-state index in [1.54, 1.807) is 0 Å². The van der Waals surface area contributed by atoms with Crippen LogP contribution in [0.5, 0.6) is 0 Å². The molecule has 0 bridgehead atoms. The largest absolute Gasteiger partial charge is 0.469 e. The molecule has 1 heterocycles. The molecular formula is C17H17NO. The molecule has 0 amide bonds. The van der Waals surface area contributed by atoms with E-state index in [-0.39, 0.29) is 6.10 Å². The van der Waals surface area contributed by atoms with E-state index in [2.05, 4.69) is 54.4 Å². The molecule has 2 aromatic rings. The van der Waals surface area contributed by atoms with Gasteiger partial charge in [0.2, 0.25) is 5.90 Å². The zero-order chi connectivity index (χ0) is 13.1. The van der Waals surface area contributed by atoms with Crippen molar-refractivity contribution in [2.24, 2.45) is 4.99 Å². The van der Waals surface area contributed by atoms with E-state index in [4.69, 9.17) is 4.74 Å². The smallest absolute Gasteiger partial charge is 0.216 e. The third kappa shape index (κ3) is 2.68. The molecule has 0 fully saturated rings. The summed E-state index contributed by atoms with van der Waals surface area (Å²) >= 11 is 0. The third-order valence-corrected chi connectivity index (χ3v) is 3.34. The van der Waals surface area contributed by atoms with Crippen LogP contribution in [0.2, 0.25) is 0 Å². The number of hydrogen-bond donors (Lipinski definition) is 0. The number of nitrogens with zero attached hydrogens (tertiary/aromatic N) is 1. The molecule has 0 spiro atoms. The maximum absolute atomic E-state index is 6.06. The van der Waals surface area contributed by atoms with E-state index < -0.39 is 0 Å². The van der Waals surface area contributed by atoms with E-state index in [9.17, 15) is 0 Å². The van der Waals surface area contributed by atoms with Crippen LogP contribution in [-0.2, 0) is 4.74 Å². The Labute approximate surface area is 113 Å². The number of hydrogen-bond acceptors (Lipinski definition) is 2. The monoisotopic (exact) mass is 251 g/mol. The van der Waals surface area contributed by atoms with Gasteiger partial charge in [-0.05, 0) is 24.6 Å². The maximum atomic E-state index is 6.06. The van der Waals surface area contributed by atoms with Crippen molar-refractivity contribution in [1.29, 1.82) is 0 Å². The molecule has 0 N–H and O–H groups in total. The van der Waals surface area contributed by atoms with E-state index in [0.717, 1.165) is 24.4 Å². The van der Waals surface area contributed by atoms with Gasteiger partial charge in [-0.25, -0.2) is 0 Å². The Morgan fingerprint density at radius 2 is 1.89 bits per heavy atom. The number of aryl methyl sites for hydroxylation is 1. The molecule has 19 heavy (non-hydrogen) atoms. The molecule has 1 unspecified atom stereocenters. The summed E-state index contributed by atoms with van der Waals surface area (Å²) in [7, 11) is 0. The number of aliphatic imine (C=N–C) groups is 1. The molecule has 96 valence electrons. The summed E-state index contributed by atoms with van der Waals surface area (Å²) in [5, 5.41) is 0. The van der Waals surface area contributed by atoms with E-state index in [1.807, 2.05) is 12.1 Å². The van der Waals surface area contributed by atoms with Gasteiger partial charge in [-0.1, -0.05) is 48.0 Å². The van der Waals surface area contributed by atoms with Crippen molar-refractivity contribution in [1.82, 2.24) is 0 Å². The Balaban J connectivity index is 1.84. The lowest BCUT2D eigenvalue weighted by Crippen LogP contribution is -2.19. The zero-order valence-corrected chi connectivity index (χ0v) is 11.0. The summed E-state index contributed by atoms with van der Waals surface area (Å²) in [6, 6.07) is 18.7. The second kappa shape index (κ2) is 5.27. The summed E-state index contributed by atoms with van der Waals surface area (Å²) in [5.74, 6) is 0.767. The second-order valence-electron chi connectivity index (χ2n) is 4.86. The lowest BCUT2D eigenvalue weighted by molar-refractivity contribution is 0.170. The van der Waals surface area contributed by atoms with Crippen molar-refractivity contribution in [3.8, 4) is 0 Å². The van der Waals surface area contributed by atoms with Gasteiger partial charge in [-0.2, -0.15) is 0 Å². The first-order valence-corrected chi connectivity index (χ1v) is 6.66. The fraction of sp³-hybridized carbons (Fsp3) is 0.235. The Morgan fingerprint density at radius 3 is 2.68 bits per heavy atom. The fourth-order valence-corrected chi connectivity index (χ4v) is 2.35. The van der Waals surface area contributed by atoms with Crippen molar-refractivity contribution >= 4 is 5.90 Å². The third-order valence-electron chi connectivity index (χ3n) is 3.34. The van der Waals surface area contributed by atoms with Gasteiger partial charge >= 0.3 is 0 Å². The molecule has 0 radical (unpaired) electrons. The number of benzene rings is 2. The van der Waals surface area contributed by atoms with Gasteiger partial charge in [-0.3, -0.25) is 4.99 Å². The maximum Gasteiger partial charge on any atom is 0.216 e. The normalized spacial score (nSPS) is 18.6. The molecule has 0 aliphatic carbocycles. The minimum Gasteiger partial charge on any atom is -0.469 e. The summed E-state index contributed by atoms with van der Waals surface area (Å²) in [6.07, 6.45) is 1.06. The van der Waals surface area contributed by atoms with Gasteiger partial charge in [0.1, 0.15) is 6.10 Å². The fourth-order valence-electron chi connectivity index (χ4n) is 2.35. The molecule has 2 aromatic carbocycles. The van der Waals surface area contributed by atoms with Crippen molar-refractivity contribution in [2.75, 3.05) is 6.54 Å². The zero-order valence-electron chi connectivity index (χ0n) is 11.0. The van der Waals surface area contributed by atoms with Gasteiger partial charge in [0.15, 0.2) is 0 Å². The summed E-state index contributed by atoms with van der Waals surface area (Å²) in [4.78, 5) is 4.51. The highest BCUT2D eigenvalue weighted by Gasteiger charge is 2.20. The summed E-state index contributed by atoms with van der Waals surface area (Å²) in [6.45, 7) is 2.91. The van der Waals surface area contributed by atoms with E-state index >= 15 is 0 Å². The second-order valence-corrected chi connectivity index (χ2v) is 4.86.